The molecule has 1 aliphatic carbocycles. The number of hydrogen-bond donors (Lipinski definition) is 1. The normalized spacial score (nSPS) is 17.7. The van der Waals surface area contributed by atoms with E-state index >= 15 is 0 Å². The Kier molecular flexibility index (Phi) is 5.86. The molecule has 30 heavy (non-hydrogen) atoms. The van der Waals surface area contributed by atoms with Crippen molar-refractivity contribution in [3.63, 3.8) is 0 Å². The summed E-state index contributed by atoms with van der Waals surface area (Å²) in [4.78, 5) is 14.0. The lowest BCUT2D eigenvalue weighted by Gasteiger charge is -2.33. The van der Waals surface area contributed by atoms with Crippen LogP contribution in [0.5, 0.6) is 0 Å². The monoisotopic (exact) mass is 435 g/mol. The molecule has 1 aliphatic heterocycles. The van der Waals surface area contributed by atoms with E-state index in [9.17, 15) is 22.0 Å². The van der Waals surface area contributed by atoms with E-state index in [1.165, 1.54) is 15.4 Å². The number of nitrogens with one attached hydrogen (secondary N) is 1. The Morgan fingerprint density at radius 1 is 0.933 bits per heavy atom. The summed E-state index contributed by atoms with van der Waals surface area (Å²) < 4.78 is 53.1. The molecule has 1 amide bonds. The summed E-state index contributed by atoms with van der Waals surface area (Å²) in [5, 5.41) is 2.91. The zero-order chi connectivity index (χ0) is 21.3. The van der Waals surface area contributed by atoms with Gasteiger partial charge < -0.3 is 5.32 Å². The Labute approximate surface area is 174 Å². The molecule has 2 aliphatic rings. The van der Waals surface area contributed by atoms with Gasteiger partial charge in [-0.05, 0) is 60.7 Å². The second kappa shape index (κ2) is 8.41. The maximum Gasteiger partial charge on any atom is 0.243 e. The maximum atomic E-state index is 13.4. The van der Waals surface area contributed by atoms with Crippen LogP contribution in [0, 0.1) is 11.6 Å². The van der Waals surface area contributed by atoms with Gasteiger partial charge in [-0.2, -0.15) is 4.31 Å². The van der Waals surface area contributed by atoms with Crippen LogP contribution in [-0.2, 0) is 27.7 Å². The Balaban J connectivity index is 1.32. The molecule has 0 unspecified atom stereocenters. The van der Waals surface area contributed by atoms with Crippen molar-refractivity contribution in [2.75, 3.05) is 38.0 Å². The second-order valence-electron chi connectivity index (χ2n) is 7.64. The van der Waals surface area contributed by atoms with Crippen LogP contribution < -0.4 is 5.32 Å². The summed E-state index contributed by atoms with van der Waals surface area (Å²) in [5.74, 6) is -2.43. The molecule has 0 spiro atoms. The standard InChI is InChI=1S/C21H23F2N3O3S/c22-19-7-6-18(13-20(19)23)30(28,29)26-10-8-25(9-11-26)14-21(27)24-17-5-4-15-2-1-3-16(15)12-17/h4-7,12-13H,1-3,8-11,14H2,(H,24,27). The molecule has 2 aromatic carbocycles. The molecule has 0 radical (unpaired) electrons. The maximum absolute atomic E-state index is 13.4. The van der Waals surface area contributed by atoms with Crippen molar-refractivity contribution >= 4 is 21.6 Å². The van der Waals surface area contributed by atoms with E-state index in [4.69, 9.17) is 0 Å². The Bertz CT molecular complexity index is 1070. The van der Waals surface area contributed by atoms with Gasteiger partial charge in [0.15, 0.2) is 11.6 Å². The van der Waals surface area contributed by atoms with Crippen molar-refractivity contribution in [2.45, 2.75) is 24.2 Å². The second-order valence-corrected chi connectivity index (χ2v) is 9.58. The first-order chi connectivity index (χ1) is 14.3. The fourth-order valence-electron chi connectivity index (χ4n) is 3.97. The average molecular weight is 435 g/mol. The number of amides is 1. The minimum absolute atomic E-state index is 0.148. The number of halogens is 2. The predicted octanol–water partition coefficient (Wildman–Crippen LogP) is 2.40. The van der Waals surface area contributed by atoms with E-state index in [2.05, 4.69) is 11.4 Å². The number of aryl methyl sites for hydroxylation is 2. The van der Waals surface area contributed by atoms with Gasteiger partial charge in [0.05, 0.1) is 11.4 Å². The van der Waals surface area contributed by atoms with E-state index in [0.717, 1.165) is 37.1 Å². The van der Waals surface area contributed by atoms with Gasteiger partial charge >= 0.3 is 0 Å². The van der Waals surface area contributed by atoms with Crippen LogP contribution in [0.1, 0.15) is 17.5 Å². The summed E-state index contributed by atoms with van der Waals surface area (Å²) in [7, 11) is -3.91. The molecule has 9 heteroatoms. The van der Waals surface area contributed by atoms with Gasteiger partial charge in [0, 0.05) is 31.9 Å². The van der Waals surface area contributed by atoms with Gasteiger partial charge in [0.1, 0.15) is 0 Å². The molecule has 160 valence electrons. The molecule has 1 heterocycles. The fraction of sp³-hybridized carbons (Fsp3) is 0.381. The summed E-state index contributed by atoms with van der Waals surface area (Å²) >= 11 is 0. The molecule has 1 N–H and O–H groups in total. The van der Waals surface area contributed by atoms with Crippen LogP contribution in [0.15, 0.2) is 41.3 Å². The van der Waals surface area contributed by atoms with Gasteiger partial charge in [-0.25, -0.2) is 17.2 Å². The van der Waals surface area contributed by atoms with Crippen molar-refractivity contribution < 1.29 is 22.0 Å². The number of sulfonamides is 1. The van der Waals surface area contributed by atoms with Gasteiger partial charge in [0.25, 0.3) is 0 Å². The van der Waals surface area contributed by atoms with Gasteiger partial charge in [0.2, 0.25) is 15.9 Å². The number of piperazine rings is 1. The van der Waals surface area contributed by atoms with Gasteiger partial charge in [-0.1, -0.05) is 6.07 Å². The highest BCUT2D eigenvalue weighted by molar-refractivity contribution is 7.89. The van der Waals surface area contributed by atoms with Crippen LogP contribution in [0.3, 0.4) is 0 Å². The van der Waals surface area contributed by atoms with E-state index in [1.54, 1.807) is 0 Å². The third kappa shape index (κ3) is 4.38. The van der Waals surface area contributed by atoms with Crippen molar-refractivity contribution in [3.8, 4) is 0 Å². The number of benzene rings is 2. The largest absolute Gasteiger partial charge is 0.325 e. The lowest BCUT2D eigenvalue weighted by Crippen LogP contribution is -2.50. The number of carbonyl (C=O) groups excluding carboxylic acids is 1. The number of hydrogen-bond acceptors (Lipinski definition) is 4. The number of fused-ring (bicyclic) bond motifs is 1. The summed E-state index contributed by atoms with van der Waals surface area (Å²) in [6, 6.07) is 8.55. The minimum atomic E-state index is -3.91. The molecule has 0 bridgehead atoms. The zero-order valence-corrected chi connectivity index (χ0v) is 17.2. The van der Waals surface area contributed by atoms with Crippen molar-refractivity contribution in [2.24, 2.45) is 0 Å². The highest BCUT2D eigenvalue weighted by atomic mass is 32.2. The summed E-state index contributed by atoms with van der Waals surface area (Å²) in [6.07, 6.45) is 3.26. The zero-order valence-electron chi connectivity index (χ0n) is 16.4. The van der Waals surface area contributed by atoms with Crippen molar-refractivity contribution in [1.29, 1.82) is 0 Å². The van der Waals surface area contributed by atoms with Gasteiger partial charge in [-0.15, -0.1) is 0 Å². The quantitative estimate of drug-likeness (QED) is 0.783. The van der Waals surface area contributed by atoms with Crippen LogP contribution in [0.25, 0.3) is 0 Å². The topological polar surface area (TPSA) is 69.7 Å². The van der Waals surface area contributed by atoms with Gasteiger partial charge in [-0.3, -0.25) is 9.69 Å². The van der Waals surface area contributed by atoms with E-state index in [0.29, 0.717) is 19.2 Å². The SMILES string of the molecule is O=C(CN1CCN(S(=O)(=O)c2ccc(F)c(F)c2)CC1)Nc1ccc2c(c1)CCC2. The van der Waals surface area contributed by atoms with Crippen LogP contribution in [0.4, 0.5) is 14.5 Å². The molecule has 1 saturated heterocycles. The van der Waals surface area contributed by atoms with Crippen molar-refractivity contribution in [3.05, 3.63) is 59.2 Å². The molecule has 0 aromatic heterocycles. The highest BCUT2D eigenvalue weighted by Crippen LogP contribution is 2.25. The number of nitrogens with zero attached hydrogens (tertiary/aromatic N) is 2. The minimum Gasteiger partial charge on any atom is -0.325 e. The molecule has 0 atom stereocenters. The molecular formula is C21H23F2N3O3S. The first kappa shape index (κ1) is 20.9. The van der Waals surface area contributed by atoms with Crippen LogP contribution >= 0.6 is 0 Å². The molecule has 4 rings (SSSR count). The number of anilines is 1. The third-order valence-electron chi connectivity index (χ3n) is 5.61. The van der Waals surface area contributed by atoms with Crippen molar-refractivity contribution in [1.82, 2.24) is 9.21 Å². The lowest BCUT2D eigenvalue weighted by atomic mass is 10.1. The summed E-state index contributed by atoms with van der Waals surface area (Å²) in [5.41, 5.74) is 3.40. The van der Waals surface area contributed by atoms with E-state index < -0.39 is 21.7 Å². The molecule has 6 nitrogen and oxygen atoms in total. The Morgan fingerprint density at radius 2 is 1.67 bits per heavy atom. The van der Waals surface area contributed by atoms with E-state index in [1.807, 2.05) is 17.0 Å². The van der Waals surface area contributed by atoms with E-state index in [-0.39, 0.29) is 30.4 Å². The molecule has 1 fully saturated rings. The third-order valence-corrected chi connectivity index (χ3v) is 7.50. The first-order valence-electron chi connectivity index (χ1n) is 9.92. The summed E-state index contributed by atoms with van der Waals surface area (Å²) in [6.45, 7) is 1.26. The molecule has 2 aromatic rings. The highest BCUT2D eigenvalue weighted by Gasteiger charge is 2.29. The predicted molar refractivity (Wildman–Crippen MR) is 109 cm³/mol. The van der Waals surface area contributed by atoms with Crippen LogP contribution in [-0.4, -0.2) is 56.3 Å². The number of carbonyl (C=O) groups is 1. The number of rotatable bonds is 5. The molecular weight excluding hydrogens is 412 g/mol. The first-order valence-corrected chi connectivity index (χ1v) is 11.4. The Hall–Kier alpha value is -2.36. The smallest absolute Gasteiger partial charge is 0.243 e. The molecule has 0 saturated carbocycles. The van der Waals surface area contributed by atoms with Crippen LogP contribution in [0.2, 0.25) is 0 Å². The Morgan fingerprint density at radius 3 is 2.40 bits per heavy atom. The average Bonchev–Trinajstić information content (AvgIpc) is 3.18. The lowest BCUT2D eigenvalue weighted by molar-refractivity contribution is -0.117. The fourth-order valence-corrected chi connectivity index (χ4v) is 5.40.